The van der Waals surface area contributed by atoms with E-state index >= 15 is 0 Å². The molecular formula is C27H25F6N5O5S. The van der Waals surface area contributed by atoms with Gasteiger partial charge in [-0.2, -0.15) is 13.2 Å². The zero-order chi connectivity index (χ0) is 32.0. The van der Waals surface area contributed by atoms with Crippen LogP contribution in [0.5, 0.6) is 0 Å². The SMILES string of the molecule is CN1C=CC(O)([C@H](S[C@@H]2O[C@H](CO)[C@H](O)[C@H](n3cc(-c4cc(F)c(F)c(F)c4)nn3)[C@H]2O)c2ncccc2C(F)(F)F)C=C1. The van der Waals surface area contributed by atoms with E-state index in [2.05, 4.69) is 15.3 Å². The highest BCUT2D eigenvalue weighted by Crippen LogP contribution is 2.49. The molecule has 0 spiro atoms. The average molecular weight is 646 g/mol. The van der Waals surface area contributed by atoms with E-state index in [0.717, 1.165) is 29.2 Å². The van der Waals surface area contributed by atoms with Crippen LogP contribution in [0.1, 0.15) is 22.5 Å². The van der Waals surface area contributed by atoms with E-state index in [-0.39, 0.29) is 11.3 Å². The number of aromatic nitrogens is 4. The van der Waals surface area contributed by atoms with Gasteiger partial charge in [0.1, 0.15) is 41.1 Å². The molecule has 5 rings (SSSR count). The fourth-order valence-electron chi connectivity index (χ4n) is 4.90. The third-order valence-corrected chi connectivity index (χ3v) is 8.71. The molecule has 0 bridgehead atoms. The fourth-order valence-corrected chi connectivity index (χ4v) is 6.39. The number of hydrogen-bond acceptors (Lipinski definition) is 10. The molecule has 3 aromatic rings. The topological polar surface area (TPSA) is 137 Å². The Bertz CT molecular complexity index is 1530. The smallest absolute Gasteiger partial charge is 0.394 e. The molecule has 2 aromatic heterocycles. The zero-order valence-electron chi connectivity index (χ0n) is 22.6. The van der Waals surface area contributed by atoms with Crippen LogP contribution in [-0.4, -0.2) is 88.3 Å². The molecule has 44 heavy (non-hydrogen) atoms. The largest absolute Gasteiger partial charge is 0.418 e. The van der Waals surface area contributed by atoms with Gasteiger partial charge in [0.2, 0.25) is 0 Å². The van der Waals surface area contributed by atoms with E-state index in [4.69, 9.17) is 4.74 Å². The lowest BCUT2D eigenvalue weighted by molar-refractivity contribution is -0.178. The van der Waals surface area contributed by atoms with Gasteiger partial charge in [0.25, 0.3) is 0 Å². The van der Waals surface area contributed by atoms with Crippen molar-refractivity contribution in [1.29, 1.82) is 0 Å². The average Bonchev–Trinajstić information content (AvgIpc) is 3.46. The monoisotopic (exact) mass is 645 g/mol. The Morgan fingerprint density at radius 1 is 1.09 bits per heavy atom. The van der Waals surface area contributed by atoms with Crippen LogP contribution in [-0.2, 0) is 10.9 Å². The molecule has 10 nitrogen and oxygen atoms in total. The molecule has 17 heteroatoms. The van der Waals surface area contributed by atoms with E-state index in [9.17, 15) is 46.8 Å². The summed E-state index contributed by atoms with van der Waals surface area (Å²) in [5, 5.41) is 50.0. The maximum atomic E-state index is 14.1. The van der Waals surface area contributed by atoms with Crippen LogP contribution in [0.4, 0.5) is 26.3 Å². The summed E-state index contributed by atoms with van der Waals surface area (Å²) >= 11 is 0.562. The van der Waals surface area contributed by atoms with Crippen molar-refractivity contribution in [2.24, 2.45) is 0 Å². The number of aliphatic hydroxyl groups is 4. The fraction of sp³-hybridized carbons (Fsp3) is 0.370. The molecule has 1 saturated heterocycles. The van der Waals surface area contributed by atoms with Crippen LogP contribution in [0, 0.1) is 17.5 Å². The second kappa shape index (κ2) is 12.1. The summed E-state index contributed by atoms with van der Waals surface area (Å²) in [6, 6.07) is 1.75. The predicted molar refractivity (Wildman–Crippen MR) is 143 cm³/mol. The highest BCUT2D eigenvalue weighted by Gasteiger charge is 2.50. The van der Waals surface area contributed by atoms with Gasteiger partial charge in [-0.1, -0.05) is 5.21 Å². The molecule has 2 aliphatic heterocycles. The molecule has 1 fully saturated rings. The van der Waals surface area contributed by atoms with E-state index in [0.29, 0.717) is 23.9 Å². The van der Waals surface area contributed by atoms with Crippen molar-refractivity contribution in [2.45, 2.75) is 46.8 Å². The van der Waals surface area contributed by atoms with E-state index < -0.39 is 82.1 Å². The van der Waals surface area contributed by atoms with Gasteiger partial charge in [0.05, 0.1) is 29.3 Å². The lowest BCUT2D eigenvalue weighted by Gasteiger charge is -2.44. The minimum atomic E-state index is -4.87. The first kappa shape index (κ1) is 31.9. The number of thioether (sulfide) groups is 1. The molecule has 236 valence electrons. The number of hydrogen-bond donors (Lipinski definition) is 4. The maximum absolute atomic E-state index is 14.1. The summed E-state index contributed by atoms with van der Waals surface area (Å²) in [7, 11) is 1.63. The van der Waals surface area contributed by atoms with Crippen LogP contribution in [0.25, 0.3) is 11.3 Å². The van der Waals surface area contributed by atoms with Crippen LogP contribution < -0.4 is 0 Å². The molecule has 6 atom stereocenters. The first-order valence-corrected chi connectivity index (χ1v) is 13.9. The number of halogens is 6. The molecule has 0 radical (unpaired) electrons. The van der Waals surface area contributed by atoms with Gasteiger partial charge in [-0.15, -0.1) is 16.9 Å². The number of aliphatic hydroxyl groups excluding tert-OH is 3. The summed E-state index contributed by atoms with van der Waals surface area (Å²) in [5.74, 6) is -4.69. The first-order chi connectivity index (χ1) is 20.7. The summed E-state index contributed by atoms with van der Waals surface area (Å²) in [4.78, 5) is 5.47. The summed E-state index contributed by atoms with van der Waals surface area (Å²) in [6.07, 6.45) is -2.16. The highest BCUT2D eigenvalue weighted by molar-refractivity contribution is 8.00. The van der Waals surface area contributed by atoms with Gasteiger partial charge in [0.15, 0.2) is 17.5 Å². The minimum absolute atomic E-state index is 0.171. The van der Waals surface area contributed by atoms with Gasteiger partial charge < -0.3 is 30.1 Å². The molecule has 4 heterocycles. The van der Waals surface area contributed by atoms with Crippen molar-refractivity contribution in [3.05, 3.63) is 89.9 Å². The molecule has 0 unspecified atom stereocenters. The summed E-state index contributed by atoms with van der Waals surface area (Å²) in [6.45, 7) is -0.797. The number of nitrogens with zero attached hydrogens (tertiary/aromatic N) is 5. The van der Waals surface area contributed by atoms with Gasteiger partial charge in [-0.05, 0) is 36.4 Å². The van der Waals surface area contributed by atoms with Crippen molar-refractivity contribution < 1.29 is 51.5 Å². The number of alkyl halides is 3. The van der Waals surface area contributed by atoms with Gasteiger partial charge >= 0.3 is 6.18 Å². The molecule has 1 aromatic carbocycles. The quantitative estimate of drug-likeness (QED) is 0.224. The molecular weight excluding hydrogens is 620 g/mol. The Morgan fingerprint density at radius 3 is 2.36 bits per heavy atom. The van der Waals surface area contributed by atoms with Gasteiger partial charge in [-0.3, -0.25) is 4.98 Å². The number of ether oxygens (including phenoxy) is 1. The predicted octanol–water partition coefficient (Wildman–Crippen LogP) is 2.93. The van der Waals surface area contributed by atoms with Crippen LogP contribution >= 0.6 is 11.8 Å². The zero-order valence-corrected chi connectivity index (χ0v) is 23.4. The first-order valence-electron chi connectivity index (χ1n) is 12.9. The number of benzene rings is 1. The minimum Gasteiger partial charge on any atom is -0.394 e. The van der Waals surface area contributed by atoms with Crippen molar-refractivity contribution in [3.8, 4) is 11.3 Å². The number of pyridine rings is 1. The maximum Gasteiger partial charge on any atom is 0.418 e. The van der Waals surface area contributed by atoms with Crippen molar-refractivity contribution >= 4 is 11.8 Å². The second-order valence-electron chi connectivity index (χ2n) is 10.2. The summed E-state index contributed by atoms with van der Waals surface area (Å²) in [5.41, 5.74) is -5.69. The van der Waals surface area contributed by atoms with Gasteiger partial charge in [0, 0.05) is 31.2 Å². The lowest BCUT2D eigenvalue weighted by Crippen LogP contribution is -2.55. The Kier molecular flexibility index (Phi) is 8.80. The summed E-state index contributed by atoms with van der Waals surface area (Å²) < 4.78 is 90.0. The van der Waals surface area contributed by atoms with Crippen LogP contribution in [0.2, 0.25) is 0 Å². The van der Waals surface area contributed by atoms with E-state index in [1.807, 2.05) is 0 Å². The van der Waals surface area contributed by atoms with Crippen molar-refractivity contribution in [2.75, 3.05) is 13.7 Å². The van der Waals surface area contributed by atoms with E-state index in [1.165, 1.54) is 24.6 Å². The third kappa shape index (κ3) is 6.07. The van der Waals surface area contributed by atoms with Gasteiger partial charge in [-0.25, -0.2) is 17.9 Å². The van der Waals surface area contributed by atoms with Crippen molar-refractivity contribution in [3.63, 3.8) is 0 Å². The molecule has 0 saturated carbocycles. The molecule has 4 N–H and O–H groups in total. The Labute approximate surface area is 249 Å². The highest BCUT2D eigenvalue weighted by atomic mass is 32.2. The van der Waals surface area contributed by atoms with Crippen LogP contribution in [0.15, 0.2) is 61.2 Å². The molecule has 0 aliphatic carbocycles. The van der Waals surface area contributed by atoms with Crippen molar-refractivity contribution in [1.82, 2.24) is 24.9 Å². The van der Waals surface area contributed by atoms with E-state index in [1.54, 1.807) is 11.9 Å². The normalized spacial score (nSPS) is 25.8. The molecule has 0 amide bonds. The Morgan fingerprint density at radius 2 is 1.75 bits per heavy atom. The Balaban J connectivity index is 1.53. The third-order valence-electron chi connectivity index (χ3n) is 7.18. The lowest BCUT2D eigenvalue weighted by atomic mass is 9.92. The standard InChI is InChI=1S/C27H25F6N5O5S/c1-37-7-4-26(42,5-8-37)24(20-14(27(31,32)33)3-2-6-34-20)44-25-23(41)21(22(40)18(12-39)43-25)38-11-17(35-36-38)13-9-15(28)19(30)16(29)10-13/h2-11,18,21-25,39-42H,12H2,1H3/t18-,21+,22+,23-,24-,25+/m1/s1. The molecule has 2 aliphatic rings. The second-order valence-corrected chi connectivity index (χ2v) is 11.4. The number of rotatable bonds is 7. The Hall–Kier alpha value is -3.48. The van der Waals surface area contributed by atoms with Crippen LogP contribution in [0.3, 0.4) is 0 Å².